The number of nitro benzene ring substituents is 1. The van der Waals surface area contributed by atoms with Crippen LogP contribution >= 0.6 is 0 Å². The van der Waals surface area contributed by atoms with Crippen molar-refractivity contribution in [2.24, 2.45) is 0 Å². The minimum atomic E-state index is -0.700. The average Bonchev–Trinajstić information content (AvgIpc) is 3.16. The van der Waals surface area contributed by atoms with Crippen LogP contribution in [-0.4, -0.2) is 41.3 Å². The first-order valence-electron chi connectivity index (χ1n) is 11.1. The number of urea groups is 1. The minimum Gasteiger partial charge on any atom is -0.495 e. The lowest BCUT2D eigenvalue weighted by Gasteiger charge is -2.13. The third kappa shape index (κ3) is 6.09. The lowest BCUT2D eigenvalue weighted by atomic mass is 10.2. The first-order chi connectivity index (χ1) is 17.8. The molecule has 2 N–H and O–H groups in total. The molecule has 188 valence electrons. The van der Waals surface area contributed by atoms with Gasteiger partial charge in [0.05, 0.1) is 17.7 Å². The number of rotatable bonds is 9. The summed E-state index contributed by atoms with van der Waals surface area (Å²) in [4.78, 5) is 48.6. The van der Waals surface area contributed by atoms with E-state index in [9.17, 15) is 24.5 Å². The van der Waals surface area contributed by atoms with Crippen LogP contribution in [0.25, 0.3) is 6.08 Å². The molecule has 37 heavy (non-hydrogen) atoms. The molecule has 0 aliphatic carbocycles. The van der Waals surface area contributed by atoms with Gasteiger partial charge in [-0.15, -0.1) is 0 Å². The number of para-hydroxylation sites is 2. The third-order valence-electron chi connectivity index (χ3n) is 5.39. The summed E-state index contributed by atoms with van der Waals surface area (Å²) in [6.45, 7) is -0.242. The summed E-state index contributed by atoms with van der Waals surface area (Å²) in [5.74, 6) is -0.173. The van der Waals surface area contributed by atoms with Gasteiger partial charge in [0.1, 0.15) is 30.3 Å². The molecular weight excluding hydrogens is 480 g/mol. The van der Waals surface area contributed by atoms with E-state index in [-0.39, 0.29) is 18.0 Å². The molecule has 1 saturated heterocycles. The summed E-state index contributed by atoms with van der Waals surface area (Å²) < 4.78 is 10.9. The topological polar surface area (TPSA) is 140 Å². The number of hydrogen-bond acceptors (Lipinski definition) is 7. The molecule has 0 aromatic heterocycles. The minimum absolute atomic E-state index is 0.00492. The summed E-state index contributed by atoms with van der Waals surface area (Å²) in [7, 11) is 1.47. The van der Waals surface area contributed by atoms with E-state index < -0.39 is 29.3 Å². The molecule has 1 aliphatic rings. The standard InChI is InChI=1S/C26H22N4O7/c1-36-23-5-3-2-4-21(23)27-24(31)15-29-25(32)22(28-26(29)33)14-17-8-12-20(13-9-17)37-16-18-6-10-19(11-7-18)30(34)35/h2-14H,15-16H2,1H3,(H,27,31)(H,28,33)/b22-14+. The van der Waals surface area contributed by atoms with Crippen molar-refractivity contribution in [3.8, 4) is 11.5 Å². The number of hydrogen-bond donors (Lipinski definition) is 2. The number of non-ortho nitro benzene ring substituents is 1. The molecule has 3 aromatic rings. The van der Waals surface area contributed by atoms with E-state index in [1.807, 2.05) is 0 Å². The molecule has 1 fully saturated rings. The van der Waals surface area contributed by atoms with Crippen molar-refractivity contribution in [1.29, 1.82) is 0 Å². The number of benzene rings is 3. The number of methoxy groups -OCH3 is 1. The molecule has 0 radical (unpaired) electrons. The van der Waals surface area contributed by atoms with Crippen molar-refractivity contribution in [2.75, 3.05) is 19.0 Å². The van der Waals surface area contributed by atoms with Gasteiger partial charge >= 0.3 is 6.03 Å². The van der Waals surface area contributed by atoms with Crippen LogP contribution in [0.4, 0.5) is 16.2 Å². The first-order valence-corrected chi connectivity index (χ1v) is 11.1. The second kappa shape index (κ2) is 11.0. The number of nitro groups is 1. The van der Waals surface area contributed by atoms with Crippen molar-refractivity contribution in [2.45, 2.75) is 6.61 Å². The van der Waals surface area contributed by atoms with Crippen LogP contribution in [0.2, 0.25) is 0 Å². The zero-order valence-corrected chi connectivity index (χ0v) is 19.7. The van der Waals surface area contributed by atoms with Crippen molar-refractivity contribution >= 4 is 35.3 Å². The molecule has 1 aliphatic heterocycles. The van der Waals surface area contributed by atoms with Crippen molar-refractivity contribution < 1.29 is 28.8 Å². The maximum Gasteiger partial charge on any atom is 0.329 e. The number of carbonyl (C=O) groups excluding carboxylic acids is 3. The molecular formula is C26H22N4O7. The predicted molar refractivity (Wildman–Crippen MR) is 134 cm³/mol. The second-order valence-corrected chi connectivity index (χ2v) is 7.91. The Morgan fingerprint density at radius 1 is 1.05 bits per heavy atom. The van der Waals surface area contributed by atoms with Crippen LogP contribution in [0.15, 0.2) is 78.5 Å². The summed E-state index contributed by atoms with van der Waals surface area (Å²) >= 11 is 0. The maximum absolute atomic E-state index is 12.7. The molecule has 11 nitrogen and oxygen atoms in total. The highest BCUT2D eigenvalue weighted by atomic mass is 16.6. The molecule has 0 unspecified atom stereocenters. The first kappa shape index (κ1) is 24.9. The van der Waals surface area contributed by atoms with E-state index >= 15 is 0 Å². The lowest BCUT2D eigenvalue weighted by Crippen LogP contribution is -2.38. The fraction of sp³-hybridized carbons (Fsp3) is 0.115. The third-order valence-corrected chi connectivity index (χ3v) is 5.39. The number of nitrogens with one attached hydrogen (secondary N) is 2. The second-order valence-electron chi connectivity index (χ2n) is 7.91. The Hall–Kier alpha value is -5.19. The number of imide groups is 1. The van der Waals surface area contributed by atoms with E-state index in [1.165, 1.54) is 25.3 Å². The molecule has 0 saturated carbocycles. The normalized spacial score (nSPS) is 13.9. The highest BCUT2D eigenvalue weighted by Crippen LogP contribution is 2.23. The van der Waals surface area contributed by atoms with E-state index in [2.05, 4.69) is 10.6 Å². The Morgan fingerprint density at radius 3 is 2.43 bits per heavy atom. The monoisotopic (exact) mass is 502 g/mol. The molecule has 0 spiro atoms. The summed E-state index contributed by atoms with van der Waals surface area (Å²) in [5.41, 5.74) is 1.87. The van der Waals surface area contributed by atoms with Crippen LogP contribution < -0.4 is 20.1 Å². The SMILES string of the molecule is COc1ccccc1NC(=O)CN1C(=O)N/C(=C/c2ccc(OCc3ccc([N+](=O)[O-])cc3)cc2)C1=O. The largest absolute Gasteiger partial charge is 0.495 e. The molecule has 4 rings (SSSR count). The van der Waals surface area contributed by atoms with E-state index in [1.54, 1.807) is 60.7 Å². The van der Waals surface area contributed by atoms with Gasteiger partial charge in [0.15, 0.2) is 0 Å². The van der Waals surface area contributed by atoms with Crippen LogP contribution in [0.3, 0.4) is 0 Å². The van der Waals surface area contributed by atoms with Crippen LogP contribution in [0.1, 0.15) is 11.1 Å². The molecule has 3 aromatic carbocycles. The molecule has 1 heterocycles. The van der Waals surface area contributed by atoms with Gasteiger partial charge in [-0.25, -0.2) is 9.69 Å². The number of anilines is 1. The van der Waals surface area contributed by atoms with Gasteiger partial charge in [0.2, 0.25) is 5.91 Å². The van der Waals surface area contributed by atoms with Gasteiger partial charge in [-0.05, 0) is 53.6 Å². The Labute approximate surface area is 211 Å². The van der Waals surface area contributed by atoms with Gasteiger partial charge in [0.25, 0.3) is 11.6 Å². The van der Waals surface area contributed by atoms with Gasteiger partial charge in [0, 0.05) is 12.1 Å². The van der Waals surface area contributed by atoms with Crippen molar-refractivity contribution in [3.63, 3.8) is 0 Å². The fourth-order valence-electron chi connectivity index (χ4n) is 3.50. The van der Waals surface area contributed by atoms with E-state index in [0.29, 0.717) is 22.7 Å². The molecule has 0 atom stereocenters. The maximum atomic E-state index is 12.7. The predicted octanol–water partition coefficient (Wildman–Crippen LogP) is 3.71. The van der Waals surface area contributed by atoms with Gasteiger partial charge < -0.3 is 20.1 Å². The average molecular weight is 502 g/mol. The summed E-state index contributed by atoms with van der Waals surface area (Å²) in [6, 6.07) is 18.9. The summed E-state index contributed by atoms with van der Waals surface area (Å²) in [5, 5.41) is 15.9. The van der Waals surface area contributed by atoms with Gasteiger partial charge in [-0.2, -0.15) is 0 Å². The Kier molecular flexibility index (Phi) is 7.43. The molecule has 11 heteroatoms. The smallest absolute Gasteiger partial charge is 0.329 e. The fourth-order valence-corrected chi connectivity index (χ4v) is 3.50. The number of nitrogens with zero attached hydrogens (tertiary/aromatic N) is 2. The Balaban J connectivity index is 1.35. The van der Waals surface area contributed by atoms with Gasteiger partial charge in [-0.3, -0.25) is 19.7 Å². The van der Waals surface area contributed by atoms with E-state index in [4.69, 9.17) is 9.47 Å². The van der Waals surface area contributed by atoms with Crippen LogP contribution in [0.5, 0.6) is 11.5 Å². The van der Waals surface area contributed by atoms with Gasteiger partial charge in [-0.1, -0.05) is 24.3 Å². The highest BCUT2D eigenvalue weighted by molar-refractivity contribution is 6.16. The Bertz CT molecular complexity index is 1370. The quantitative estimate of drug-likeness (QED) is 0.197. The summed E-state index contributed by atoms with van der Waals surface area (Å²) in [6.07, 6.45) is 1.50. The zero-order chi connectivity index (χ0) is 26.4. The zero-order valence-electron chi connectivity index (χ0n) is 19.7. The van der Waals surface area contributed by atoms with Crippen molar-refractivity contribution in [1.82, 2.24) is 10.2 Å². The molecule has 4 amide bonds. The highest BCUT2D eigenvalue weighted by Gasteiger charge is 2.35. The number of ether oxygens (including phenoxy) is 2. The molecule has 0 bridgehead atoms. The van der Waals surface area contributed by atoms with Crippen LogP contribution in [-0.2, 0) is 16.2 Å². The Morgan fingerprint density at radius 2 is 1.76 bits per heavy atom. The van der Waals surface area contributed by atoms with E-state index in [0.717, 1.165) is 10.5 Å². The van der Waals surface area contributed by atoms with Crippen molar-refractivity contribution in [3.05, 3.63) is 99.7 Å². The lowest BCUT2D eigenvalue weighted by molar-refractivity contribution is -0.384. The number of amides is 4. The van der Waals surface area contributed by atoms with Crippen LogP contribution in [0, 0.1) is 10.1 Å². The number of carbonyl (C=O) groups is 3.